The maximum absolute atomic E-state index is 12.0. The number of phenolic OH excluding ortho intramolecular Hbond substituents is 1. The highest BCUT2D eigenvalue weighted by Gasteiger charge is 2.37. The molecule has 0 aromatic heterocycles. The minimum absolute atomic E-state index is 0.0833. The monoisotopic (exact) mass is 234 g/mol. The number of anilines is 1. The summed E-state index contributed by atoms with van der Waals surface area (Å²) >= 11 is 0. The molecule has 0 unspecified atom stereocenters. The molecule has 0 radical (unpaired) electrons. The standard InChI is InChI=1S/C13H18N2O2/c1-9-4-5-10(11(16)8-9)15-12(17)13(14)6-2-3-7-13/h4-5,8,16H,2-3,6-7,14H2,1H3,(H,15,17). The molecule has 1 aromatic rings. The van der Waals surface area contributed by atoms with E-state index in [4.69, 9.17) is 5.73 Å². The summed E-state index contributed by atoms with van der Waals surface area (Å²) in [5.41, 5.74) is 6.65. The van der Waals surface area contributed by atoms with Crippen molar-refractivity contribution in [1.29, 1.82) is 0 Å². The van der Waals surface area contributed by atoms with E-state index in [2.05, 4.69) is 5.32 Å². The van der Waals surface area contributed by atoms with Crippen LogP contribution in [0.3, 0.4) is 0 Å². The zero-order chi connectivity index (χ0) is 12.5. The van der Waals surface area contributed by atoms with E-state index in [1.165, 1.54) is 0 Å². The Morgan fingerprint density at radius 2 is 2.06 bits per heavy atom. The number of hydrogen-bond donors (Lipinski definition) is 3. The van der Waals surface area contributed by atoms with Crippen molar-refractivity contribution in [3.05, 3.63) is 23.8 Å². The van der Waals surface area contributed by atoms with Crippen LogP contribution in [0.15, 0.2) is 18.2 Å². The van der Waals surface area contributed by atoms with Gasteiger partial charge in [-0.05, 0) is 37.5 Å². The predicted molar refractivity (Wildman–Crippen MR) is 66.9 cm³/mol. The maximum atomic E-state index is 12.0. The van der Waals surface area contributed by atoms with Crippen LogP contribution in [0.5, 0.6) is 5.75 Å². The highest BCUT2D eigenvalue weighted by molar-refractivity contribution is 5.99. The van der Waals surface area contributed by atoms with Crippen LogP contribution in [0, 0.1) is 6.92 Å². The van der Waals surface area contributed by atoms with Crippen molar-refractivity contribution in [3.8, 4) is 5.75 Å². The van der Waals surface area contributed by atoms with Gasteiger partial charge in [-0.15, -0.1) is 0 Å². The van der Waals surface area contributed by atoms with Crippen LogP contribution in [0.25, 0.3) is 0 Å². The number of carbonyl (C=O) groups excluding carboxylic acids is 1. The third-order valence-corrected chi connectivity index (χ3v) is 3.35. The quantitative estimate of drug-likeness (QED) is 0.684. The van der Waals surface area contributed by atoms with Gasteiger partial charge in [0.25, 0.3) is 0 Å². The first-order valence-corrected chi connectivity index (χ1v) is 5.91. The summed E-state index contributed by atoms with van der Waals surface area (Å²) in [4.78, 5) is 12.0. The Kier molecular flexibility index (Phi) is 3.07. The van der Waals surface area contributed by atoms with Crippen LogP contribution >= 0.6 is 0 Å². The molecule has 4 nitrogen and oxygen atoms in total. The zero-order valence-electron chi connectivity index (χ0n) is 9.99. The van der Waals surface area contributed by atoms with Crippen LogP contribution in [-0.4, -0.2) is 16.6 Å². The van der Waals surface area contributed by atoms with Gasteiger partial charge < -0.3 is 16.2 Å². The molecule has 0 spiro atoms. The van der Waals surface area contributed by atoms with Gasteiger partial charge in [-0.25, -0.2) is 0 Å². The van der Waals surface area contributed by atoms with Crippen molar-refractivity contribution in [3.63, 3.8) is 0 Å². The summed E-state index contributed by atoms with van der Waals surface area (Å²) in [7, 11) is 0. The Morgan fingerprint density at radius 3 is 2.65 bits per heavy atom. The third-order valence-electron chi connectivity index (χ3n) is 3.35. The Morgan fingerprint density at radius 1 is 1.41 bits per heavy atom. The maximum Gasteiger partial charge on any atom is 0.244 e. The predicted octanol–water partition coefficient (Wildman–Crippen LogP) is 1.91. The molecule has 1 amide bonds. The molecule has 0 heterocycles. The number of carbonyl (C=O) groups is 1. The van der Waals surface area contributed by atoms with Crippen molar-refractivity contribution in [2.45, 2.75) is 38.1 Å². The van der Waals surface area contributed by atoms with E-state index in [1.54, 1.807) is 12.1 Å². The van der Waals surface area contributed by atoms with Gasteiger partial charge in [0.1, 0.15) is 5.75 Å². The molecule has 4 heteroatoms. The highest BCUT2D eigenvalue weighted by atomic mass is 16.3. The number of rotatable bonds is 2. The van der Waals surface area contributed by atoms with Crippen molar-refractivity contribution in [1.82, 2.24) is 0 Å². The molecule has 0 saturated heterocycles. The lowest BCUT2D eigenvalue weighted by Crippen LogP contribution is -2.48. The normalized spacial score (nSPS) is 18.0. The van der Waals surface area contributed by atoms with Crippen molar-refractivity contribution in [2.75, 3.05) is 5.32 Å². The van der Waals surface area contributed by atoms with Crippen molar-refractivity contribution >= 4 is 11.6 Å². The molecule has 1 fully saturated rings. The van der Waals surface area contributed by atoms with E-state index in [9.17, 15) is 9.90 Å². The fourth-order valence-electron chi connectivity index (χ4n) is 2.23. The number of aryl methyl sites for hydroxylation is 1. The number of aromatic hydroxyl groups is 1. The second kappa shape index (κ2) is 4.37. The Hall–Kier alpha value is -1.55. The average Bonchev–Trinajstić information content (AvgIpc) is 2.71. The fraction of sp³-hybridized carbons (Fsp3) is 0.462. The molecule has 1 aromatic carbocycles. The summed E-state index contributed by atoms with van der Waals surface area (Å²) in [6.07, 6.45) is 3.41. The van der Waals surface area contributed by atoms with Gasteiger partial charge in [-0.3, -0.25) is 4.79 Å². The second-order valence-electron chi connectivity index (χ2n) is 4.84. The minimum atomic E-state index is -0.767. The van der Waals surface area contributed by atoms with E-state index < -0.39 is 5.54 Å². The molecule has 0 bridgehead atoms. The third kappa shape index (κ3) is 2.42. The van der Waals surface area contributed by atoms with Gasteiger partial charge in [0.05, 0.1) is 11.2 Å². The topological polar surface area (TPSA) is 75.4 Å². The van der Waals surface area contributed by atoms with Crippen LogP contribution in [0.1, 0.15) is 31.2 Å². The average molecular weight is 234 g/mol. The molecule has 17 heavy (non-hydrogen) atoms. The van der Waals surface area contributed by atoms with Gasteiger partial charge in [0.15, 0.2) is 0 Å². The van der Waals surface area contributed by atoms with Crippen LogP contribution in [-0.2, 0) is 4.79 Å². The minimum Gasteiger partial charge on any atom is -0.506 e. The molecule has 1 aliphatic rings. The number of nitrogens with two attached hydrogens (primary N) is 1. The van der Waals surface area contributed by atoms with E-state index >= 15 is 0 Å². The van der Waals surface area contributed by atoms with E-state index in [0.29, 0.717) is 18.5 Å². The molecule has 4 N–H and O–H groups in total. The van der Waals surface area contributed by atoms with Crippen LogP contribution in [0.4, 0.5) is 5.69 Å². The molecule has 92 valence electrons. The van der Waals surface area contributed by atoms with Gasteiger partial charge >= 0.3 is 0 Å². The number of phenols is 1. The summed E-state index contributed by atoms with van der Waals surface area (Å²) in [6.45, 7) is 1.88. The van der Waals surface area contributed by atoms with Gasteiger partial charge in [0.2, 0.25) is 5.91 Å². The van der Waals surface area contributed by atoms with Crippen LogP contribution in [0.2, 0.25) is 0 Å². The number of amides is 1. The first-order chi connectivity index (χ1) is 8.01. The summed E-state index contributed by atoms with van der Waals surface area (Å²) in [5, 5.41) is 12.4. The lowest BCUT2D eigenvalue weighted by molar-refractivity contribution is -0.121. The molecule has 2 rings (SSSR count). The molecular weight excluding hydrogens is 216 g/mol. The zero-order valence-corrected chi connectivity index (χ0v) is 9.99. The Balaban J connectivity index is 2.13. The molecule has 0 atom stereocenters. The number of benzene rings is 1. The lowest BCUT2D eigenvalue weighted by atomic mass is 9.98. The molecule has 1 aliphatic carbocycles. The molecule has 1 saturated carbocycles. The number of nitrogens with one attached hydrogen (secondary N) is 1. The summed E-state index contributed by atoms with van der Waals surface area (Å²) < 4.78 is 0. The smallest absolute Gasteiger partial charge is 0.244 e. The first kappa shape index (κ1) is 11.9. The van der Waals surface area contributed by atoms with Crippen LogP contribution < -0.4 is 11.1 Å². The summed E-state index contributed by atoms with van der Waals surface area (Å²) in [6, 6.07) is 5.15. The Bertz CT molecular complexity index is 437. The van der Waals surface area contributed by atoms with E-state index in [0.717, 1.165) is 18.4 Å². The van der Waals surface area contributed by atoms with Gasteiger partial charge in [0, 0.05) is 0 Å². The van der Waals surface area contributed by atoms with Gasteiger partial charge in [-0.1, -0.05) is 18.9 Å². The highest BCUT2D eigenvalue weighted by Crippen LogP contribution is 2.30. The SMILES string of the molecule is Cc1ccc(NC(=O)C2(N)CCCC2)c(O)c1. The fourth-order valence-corrected chi connectivity index (χ4v) is 2.23. The lowest BCUT2D eigenvalue weighted by Gasteiger charge is -2.22. The van der Waals surface area contributed by atoms with Gasteiger partial charge in [-0.2, -0.15) is 0 Å². The van der Waals surface area contributed by atoms with Crippen molar-refractivity contribution in [2.24, 2.45) is 5.73 Å². The summed E-state index contributed by atoms with van der Waals surface area (Å²) in [5.74, 6) is -0.117. The van der Waals surface area contributed by atoms with E-state index in [-0.39, 0.29) is 11.7 Å². The Labute approximate surface area is 101 Å². The largest absolute Gasteiger partial charge is 0.506 e. The molecule has 0 aliphatic heterocycles. The second-order valence-corrected chi connectivity index (χ2v) is 4.84. The first-order valence-electron chi connectivity index (χ1n) is 5.91. The molecular formula is C13H18N2O2. The van der Waals surface area contributed by atoms with E-state index in [1.807, 2.05) is 13.0 Å². The van der Waals surface area contributed by atoms with Crippen molar-refractivity contribution < 1.29 is 9.90 Å². The number of hydrogen-bond acceptors (Lipinski definition) is 3.